The molecular formula is C15H16N2O4. The molecule has 1 aliphatic rings. The summed E-state index contributed by atoms with van der Waals surface area (Å²) in [6.07, 6.45) is 0.532. The third-order valence-corrected chi connectivity index (χ3v) is 3.83. The van der Waals surface area contributed by atoms with Crippen molar-refractivity contribution in [1.29, 1.82) is 0 Å². The van der Waals surface area contributed by atoms with Crippen LogP contribution in [0.15, 0.2) is 27.4 Å². The van der Waals surface area contributed by atoms with E-state index in [0.29, 0.717) is 23.4 Å². The largest absolute Gasteiger partial charge is 0.420 e. The van der Waals surface area contributed by atoms with E-state index in [0.717, 1.165) is 5.56 Å². The number of hydrogen-bond acceptors (Lipinski definition) is 4. The molecule has 0 bridgehead atoms. The molecule has 0 aliphatic carbocycles. The SMILES string of the molecule is CC(C)c1ccc2c(c1)oc(=O)n2[C@H]1CCC(=O)NC1=O. The van der Waals surface area contributed by atoms with Crippen LogP contribution in [-0.4, -0.2) is 16.4 Å². The summed E-state index contributed by atoms with van der Waals surface area (Å²) >= 11 is 0. The van der Waals surface area contributed by atoms with E-state index in [4.69, 9.17) is 4.42 Å². The number of aromatic nitrogens is 1. The number of piperidine rings is 1. The van der Waals surface area contributed by atoms with E-state index in [1.165, 1.54) is 4.57 Å². The van der Waals surface area contributed by atoms with E-state index in [1.807, 2.05) is 12.1 Å². The highest BCUT2D eigenvalue weighted by Crippen LogP contribution is 2.25. The summed E-state index contributed by atoms with van der Waals surface area (Å²) in [5, 5.41) is 2.26. The van der Waals surface area contributed by atoms with E-state index in [9.17, 15) is 14.4 Å². The number of nitrogens with one attached hydrogen (secondary N) is 1. The van der Waals surface area contributed by atoms with Gasteiger partial charge in [-0.2, -0.15) is 0 Å². The van der Waals surface area contributed by atoms with Gasteiger partial charge in [0.05, 0.1) is 5.52 Å². The number of rotatable bonds is 2. The number of benzene rings is 1. The molecule has 1 N–H and O–H groups in total. The molecule has 2 amide bonds. The summed E-state index contributed by atoms with van der Waals surface area (Å²) in [4.78, 5) is 35.2. The van der Waals surface area contributed by atoms with E-state index >= 15 is 0 Å². The quantitative estimate of drug-likeness (QED) is 0.853. The number of fused-ring (bicyclic) bond motifs is 1. The summed E-state index contributed by atoms with van der Waals surface area (Å²) in [7, 11) is 0. The van der Waals surface area contributed by atoms with Gasteiger partial charge >= 0.3 is 5.76 Å². The Balaban J connectivity index is 2.11. The third-order valence-electron chi connectivity index (χ3n) is 3.83. The molecule has 0 spiro atoms. The second kappa shape index (κ2) is 4.87. The van der Waals surface area contributed by atoms with Gasteiger partial charge in [0.15, 0.2) is 5.58 Å². The zero-order valence-corrected chi connectivity index (χ0v) is 11.9. The van der Waals surface area contributed by atoms with Crippen LogP contribution >= 0.6 is 0 Å². The first-order valence-electron chi connectivity index (χ1n) is 6.96. The van der Waals surface area contributed by atoms with Crippen LogP contribution in [0.1, 0.15) is 44.2 Å². The van der Waals surface area contributed by atoms with E-state index in [2.05, 4.69) is 19.2 Å². The van der Waals surface area contributed by atoms with Gasteiger partial charge < -0.3 is 4.42 Å². The highest BCUT2D eigenvalue weighted by molar-refractivity contribution is 6.00. The van der Waals surface area contributed by atoms with Crippen LogP contribution < -0.4 is 11.1 Å². The molecule has 1 aliphatic heterocycles. The Morgan fingerprint density at radius 2 is 2.05 bits per heavy atom. The van der Waals surface area contributed by atoms with Gasteiger partial charge in [-0.25, -0.2) is 4.79 Å². The summed E-state index contributed by atoms with van der Waals surface area (Å²) < 4.78 is 6.60. The first-order chi connectivity index (χ1) is 9.97. The number of carbonyl (C=O) groups is 2. The van der Waals surface area contributed by atoms with Gasteiger partial charge in [-0.3, -0.25) is 19.5 Å². The molecule has 1 atom stereocenters. The molecular weight excluding hydrogens is 272 g/mol. The Morgan fingerprint density at radius 3 is 2.71 bits per heavy atom. The number of imide groups is 1. The molecule has 6 nitrogen and oxygen atoms in total. The van der Waals surface area contributed by atoms with Crippen LogP contribution in [-0.2, 0) is 9.59 Å². The second-order valence-corrected chi connectivity index (χ2v) is 5.59. The fourth-order valence-corrected chi connectivity index (χ4v) is 2.64. The number of amides is 2. The maximum absolute atomic E-state index is 12.1. The number of hydrogen-bond donors (Lipinski definition) is 1. The van der Waals surface area contributed by atoms with Gasteiger partial charge in [0.2, 0.25) is 11.8 Å². The molecule has 1 aromatic heterocycles. The molecule has 21 heavy (non-hydrogen) atoms. The molecule has 1 fully saturated rings. The lowest BCUT2D eigenvalue weighted by Crippen LogP contribution is -2.43. The van der Waals surface area contributed by atoms with Gasteiger partial charge in [-0.1, -0.05) is 19.9 Å². The Kier molecular flexibility index (Phi) is 3.16. The molecule has 1 saturated heterocycles. The topological polar surface area (TPSA) is 81.3 Å². The van der Waals surface area contributed by atoms with E-state index in [1.54, 1.807) is 6.07 Å². The smallest absolute Gasteiger partial charge is 0.408 e. The van der Waals surface area contributed by atoms with Crippen molar-refractivity contribution < 1.29 is 14.0 Å². The van der Waals surface area contributed by atoms with Crippen molar-refractivity contribution in [3.63, 3.8) is 0 Å². The van der Waals surface area contributed by atoms with Crippen LogP contribution in [0.4, 0.5) is 0 Å². The van der Waals surface area contributed by atoms with Gasteiger partial charge in [-0.15, -0.1) is 0 Å². The van der Waals surface area contributed by atoms with Crippen molar-refractivity contribution in [2.24, 2.45) is 0 Å². The average molecular weight is 288 g/mol. The van der Waals surface area contributed by atoms with Gasteiger partial charge in [0.25, 0.3) is 0 Å². The minimum Gasteiger partial charge on any atom is -0.408 e. The van der Waals surface area contributed by atoms with Crippen LogP contribution in [0.25, 0.3) is 11.1 Å². The van der Waals surface area contributed by atoms with Crippen molar-refractivity contribution in [3.05, 3.63) is 34.3 Å². The maximum atomic E-state index is 12.1. The molecule has 0 radical (unpaired) electrons. The summed E-state index contributed by atoms with van der Waals surface area (Å²) in [5.74, 6) is -1.01. The van der Waals surface area contributed by atoms with Crippen molar-refractivity contribution >= 4 is 22.9 Å². The minimum atomic E-state index is -0.693. The van der Waals surface area contributed by atoms with Crippen LogP contribution in [0.2, 0.25) is 0 Å². The molecule has 2 heterocycles. The van der Waals surface area contributed by atoms with Crippen molar-refractivity contribution in [2.45, 2.75) is 38.6 Å². The fourth-order valence-electron chi connectivity index (χ4n) is 2.64. The van der Waals surface area contributed by atoms with Gasteiger partial charge in [0.1, 0.15) is 6.04 Å². The lowest BCUT2D eigenvalue weighted by atomic mass is 10.0. The molecule has 0 saturated carbocycles. The third kappa shape index (κ3) is 2.26. The maximum Gasteiger partial charge on any atom is 0.420 e. The van der Waals surface area contributed by atoms with E-state index < -0.39 is 17.7 Å². The van der Waals surface area contributed by atoms with E-state index in [-0.39, 0.29) is 12.3 Å². The summed E-state index contributed by atoms with van der Waals surface area (Å²) in [6, 6.07) is 4.84. The Hall–Kier alpha value is -2.37. The highest BCUT2D eigenvalue weighted by atomic mass is 16.4. The van der Waals surface area contributed by atoms with Gasteiger partial charge in [0, 0.05) is 6.42 Å². The number of carbonyl (C=O) groups excluding carboxylic acids is 2. The molecule has 2 aromatic rings. The molecule has 6 heteroatoms. The zero-order valence-electron chi connectivity index (χ0n) is 11.9. The lowest BCUT2D eigenvalue weighted by molar-refractivity contribution is -0.135. The number of oxazole rings is 1. The standard InChI is InChI=1S/C15H16N2O4/c1-8(2)9-3-4-10-12(7-9)21-15(20)17(10)11-5-6-13(18)16-14(11)19/h3-4,7-8,11H,5-6H2,1-2H3,(H,16,18,19)/t11-/m0/s1. The second-order valence-electron chi connectivity index (χ2n) is 5.59. The van der Waals surface area contributed by atoms with Crippen molar-refractivity contribution in [1.82, 2.24) is 9.88 Å². The first kappa shape index (κ1) is 13.6. The predicted octanol–water partition coefficient (Wildman–Crippen LogP) is 1.70. The van der Waals surface area contributed by atoms with Crippen LogP contribution in [0, 0.1) is 0 Å². The first-order valence-corrected chi connectivity index (χ1v) is 6.96. The molecule has 1 aromatic carbocycles. The monoisotopic (exact) mass is 288 g/mol. The highest BCUT2D eigenvalue weighted by Gasteiger charge is 2.31. The summed E-state index contributed by atoms with van der Waals surface area (Å²) in [5.41, 5.74) is 2.11. The Bertz CT molecular complexity index is 785. The minimum absolute atomic E-state index is 0.222. The lowest BCUT2D eigenvalue weighted by Gasteiger charge is -2.21. The Labute approximate surface area is 120 Å². The van der Waals surface area contributed by atoms with Crippen molar-refractivity contribution in [3.8, 4) is 0 Å². The van der Waals surface area contributed by atoms with Crippen LogP contribution in [0.3, 0.4) is 0 Å². The number of nitrogens with zero attached hydrogens (tertiary/aromatic N) is 1. The van der Waals surface area contributed by atoms with Crippen LogP contribution in [0.5, 0.6) is 0 Å². The zero-order chi connectivity index (χ0) is 15.1. The normalized spacial score (nSPS) is 19.3. The Morgan fingerprint density at radius 1 is 1.29 bits per heavy atom. The van der Waals surface area contributed by atoms with Crippen molar-refractivity contribution in [2.75, 3.05) is 0 Å². The average Bonchev–Trinajstić information content (AvgIpc) is 2.74. The summed E-state index contributed by atoms with van der Waals surface area (Å²) in [6.45, 7) is 4.10. The molecule has 3 rings (SSSR count). The van der Waals surface area contributed by atoms with Gasteiger partial charge in [-0.05, 0) is 30.0 Å². The predicted molar refractivity (Wildman–Crippen MR) is 76.0 cm³/mol. The molecule has 110 valence electrons. The fraction of sp³-hybridized carbons (Fsp3) is 0.400. The molecule has 0 unspecified atom stereocenters.